The van der Waals surface area contributed by atoms with Crippen LogP contribution in [0.1, 0.15) is 27.2 Å². The van der Waals surface area contributed by atoms with E-state index in [1.165, 1.54) is 0 Å². The van der Waals surface area contributed by atoms with E-state index in [0.29, 0.717) is 0 Å². The summed E-state index contributed by atoms with van der Waals surface area (Å²) in [7, 11) is 0. The first kappa shape index (κ1) is 17.7. The predicted molar refractivity (Wildman–Crippen MR) is 70.1 cm³/mol. The van der Waals surface area contributed by atoms with Crippen LogP contribution in [0, 0.1) is 0 Å². The summed E-state index contributed by atoms with van der Waals surface area (Å²) >= 11 is 0. The topological polar surface area (TPSA) is 137 Å². The van der Waals surface area contributed by atoms with Gasteiger partial charge in [0.15, 0.2) is 5.76 Å². The summed E-state index contributed by atoms with van der Waals surface area (Å²) in [6.07, 6.45) is -3.42. The zero-order chi connectivity index (χ0) is 16.4. The molecule has 0 aromatic carbocycles. The molecule has 0 aliphatic carbocycles. The van der Waals surface area contributed by atoms with Crippen molar-refractivity contribution in [1.82, 2.24) is 0 Å². The molecular weight excluding hydrogens is 284 g/mol. The van der Waals surface area contributed by atoms with Gasteiger partial charge >= 0.3 is 5.97 Å². The van der Waals surface area contributed by atoms with Gasteiger partial charge in [0, 0.05) is 6.42 Å². The van der Waals surface area contributed by atoms with E-state index in [1.807, 2.05) is 0 Å². The molecule has 0 aromatic rings. The molecule has 122 valence electrons. The Labute approximate surface area is 122 Å². The van der Waals surface area contributed by atoms with Crippen molar-refractivity contribution in [2.45, 2.75) is 50.6 Å². The Hall–Kier alpha value is -1.35. The monoisotopic (exact) mass is 306 g/mol. The molecule has 3 atom stereocenters. The Morgan fingerprint density at radius 2 is 1.81 bits per heavy atom. The molecule has 0 spiro atoms. The van der Waals surface area contributed by atoms with Crippen LogP contribution in [0.2, 0.25) is 0 Å². The average Bonchev–Trinajstić information content (AvgIpc) is 2.61. The zero-order valence-corrected chi connectivity index (χ0v) is 12.2. The van der Waals surface area contributed by atoms with Crippen molar-refractivity contribution in [2.24, 2.45) is 0 Å². The fourth-order valence-electron chi connectivity index (χ4n) is 2.05. The molecule has 0 amide bonds. The fraction of sp³-hybridized carbons (Fsp3) is 0.769. The minimum atomic E-state index is -1.95. The quantitative estimate of drug-likeness (QED) is 0.393. The average molecular weight is 306 g/mol. The number of ether oxygens (including phenoxy) is 2. The molecule has 0 aromatic heterocycles. The number of hydrogen-bond donors (Lipinski definition) is 5. The van der Waals surface area contributed by atoms with Gasteiger partial charge in [0.25, 0.3) is 0 Å². The van der Waals surface area contributed by atoms with Gasteiger partial charge in [0.05, 0.1) is 19.3 Å². The second kappa shape index (κ2) is 6.18. The smallest absolute Gasteiger partial charge is 0.378 e. The minimum absolute atomic E-state index is 0.367. The number of cyclic esters (lactones) is 1. The molecule has 1 aliphatic rings. The molecule has 5 N–H and O–H groups in total. The largest absolute Gasteiger partial charge is 0.499 e. The number of rotatable bonds is 6. The Bertz CT molecular complexity index is 424. The molecule has 21 heavy (non-hydrogen) atoms. The highest BCUT2D eigenvalue weighted by atomic mass is 16.6. The lowest BCUT2D eigenvalue weighted by Gasteiger charge is -2.37. The summed E-state index contributed by atoms with van der Waals surface area (Å²) in [5.41, 5.74) is -2.78. The van der Waals surface area contributed by atoms with Crippen LogP contribution >= 0.6 is 0 Å². The Morgan fingerprint density at radius 1 is 1.24 bits per heavy atom. The first-order valence-electron chi connectivity index (χ1n) is 6.51. The number of hydrogen-bond acceptors (Lipinski definition) is 8. The van der Waals surface area contributed by atoms with Crippen molar-refractivity contribution >= 4 is 5.97 Å². The van der Waals surface area contributed by atoms with E-state index in [4.69, 9.17) is 14.6 Å². The van der Waals surface area contributed by atoms with Gasteiger partial charge in [-0.3, -0.25) is 0 Å². The molecule has 1 aliphatic heterocycles. The number of carbonyl (C=O) groups is 1. The molecule has 0 saturated heterocycles. The third-order valence-electron chi connectivity index (χ3n) is 2.94. The van der Waals surface area contributed by atoms with Crippen molar-refractivity contribution < 1.29 is 39.8 Å². The third kappa shape index (κ3) is 3.65. The molecule has 1 heterocycles. The summed E-state index contributed by atoms with van der Waals surface area (Å²) < 4.78 is 10.5. The standard InChI is InChI=1S/C13H22O8/c1-12(2,3)20-10-9(18)11(19)21-13(10,8(17)6-15)4-7(16)5-14/h7-8,14-18H,4-6H2,1-3H3/t7?,8-,13+/m0/s1. The van der Waals surface area contributed by atoms with Crippen LogP contribution in [0.15, 0.2) is 11.5 Å². The number of esters is 1. The summed E-state index contributed by atoms with van der Waals surface area (Å²) in [5.74, 6) is -2.33. The molecule has 0 saturated carbocycles. The van der Waals surface area contributed by atoms with E-state index in [0.717, 1.165) is 0 Å². The van der Waals surface area contributed by atoms with Gasteiger partial charge in [-0.2, -0.15) is 0 Å². The van der Waals surface area contributed by atoms with E-state index < -0.39 is 54.8 Å². The van der Waals surface area contributed by atoms with Crippen LogP contribution in [-0.4, -0.2) is 68.1 Å². The second-order valence-corrected chi connectivity index (χ2v) is 5.91. The van der Waals surface area contributed by atoms with Gasteiger partial charge in [-0.15, -0.1) is 0 Å². The van der Waals surface area contributed by atoms with Crippen LogP contribution in [0.5, 0.6) is 0 Å². The molecule has 0 fully saturated rings. The SMILES string of the molecule is CC(C)(C)OC1=C(O)C(=O)O[C@]1(CC(O)CO)[C@@H](O)CO. The molecular formula is C13H22O8. The highest BCUT2D eigenvalue weighted by Gasteiger charge is 2.56. The molecule has 8 nitrogen and oxygen atoms in total. The minimum Gasteiger partial charge on any atom is -0.499 e. The van der Waals surface area contributed by atoms with Crippen LogP contribution in [-0.2, 0) is 14.3 Å². The lowest BCUT2D eigenvalue weighted by Crippen LogP contribution is -2.51. The maximum atomic E-state index is 11.6. The Balaban J connectivity index is 3.30. The Kier molecular flexibility index (Phi) is 5.21. The maximum absolute atomic E-state index is 11.6. The normalized spacial score (nSPS) is 25.8. The van der Waals surface area contributed by atoms with E-state index in [1.54, 1.807) is 20.8 Å². The van der Waals surface area contributed by atoms with E-state index in [2.05, 4.69) is 0 Å². The molecule has 1 rings (SSSR count). The maximum Gasteiger partial charge on any atom is 0.378 e. The van der Waals surface area contributed by atoms with Crippen LogP contribution in [0.4, 0.5) is 0 Å². The first-order chi connectivity index (χ1) is 9.57. The van der Waals surface area contributed by atoms with Gasteiger partial charge in [-0.1, -0.05) is 0 Å². The summed E-state index contributed by atoms with van der Waals surface area (Å²) in [4.78, 5) is 11.6. The van der Waals surface area contributed by atoms with E-state index in [-0.39, 0.29) is 5.76 Å². The Morgan fingerprint density at radius 3 is 2.24 bits per heavy atom. The summed E-state index contributed by atoms with van der Waals surface area (Å²) in [6, 6.07) is 0. The molecule has 1 unspecified atom stereocenters. The number of carbonyl (C=O) groups excluding carboxylic acids is 1. The van der Waals surface area contributed by atoms with Crippen LogP contribution < -0.4 is 0 Å². The molecule has 0 radical (unpaired) electrons. The fourth-order valence-corrected chi connectivity index (χ4v) is 2.05. The van der Waals surface area contributed by atoms with Crippen LogP contribution in [0.3, 0.4) is 0 Å². The van der Waals surface area contributed by atoms with Crippen molar-refractivity contribution in [3.05, 3.63) is 11.5 Å². The van der Waals surface area contributed by atoms with Crippen molar-refractivity contribution in [1.29, 1.82) is 0 Å². The highest BCUT2D eigenvalue weighted by Crippen LogP contribution is 2.41. The van der Waals surface area contributed by atoms with E-state index in [9.17, 15) is 25.2 Å². The highest BCUT2D eigenvalue weighted by molar-refractivity contribution is 5.90. The van der Waals surface area contributed by atoms with Crippen molar-refractivity contribution in [3.8, 4) is 0 Å². The lowest BCUT2D eigenvalue weighted by atomic mass is 9.88. The predicted octanol–water partition coefficient (Wildman–Crippen LogP) is -1.04. The summed E-state index contributed by atoms with van der Waals surface area (Å²) in [5, 5.41) is 47.6. The van der Waals surface area contributed by atoms with E-state index >= 15 is 0 Å². The molecule has 8 heteroatoms. The van der Waals surface area contributed by atoms with Gasteiger partial charge in [-0.05, 0) is 20.8 Å². The number of aliphatic hydroxyl groups excluding tert-OH is 5. The van der Waals surface area contributed by atoms with Gasteiger partial charge in [-0.25, -0.2) is 4.79 Å². The van der Waals surface area contributed by atoms with Crippen molar-refractivity contribution in [2.75, 3.05) is 13.2 Å². The molecule has 0 bridgehead atoms. The zero-order valence-electron chi connectivity index (χ0n) is 12.2. The van der Waals surface area contributed by atoms with Gasteiger partial charge in [0.1, 0.15) is 11.7 Å². The van der Waals surface area contributed by atoms with Gasteiger partial charge < -0.3 is 35.0 Å². The van der Waals surface area contributed by atoms with Crippen LogP contribution in [0.25, 0.3) is 0 Å². The van der Waals surface area contributed by atoms with Crippen molar-refractivity contribution in [3.63, 3.8) is 0 Å². The van der Waals surface area contributed by atoms with Gasteiger partial charge in [0.2, 0.25) is 11.4 Å². The summed E-state index contributed by atoms with van der Waals surface area (Å²) in [6.45, 7) is 3.49. The number of aliphatic hydroxyl groups is 5. The lowest BCUT2D eigenvalue weighted by molar-refractivity contribution is -0.174. The first-order valence-corrected chi connectivity index (χ1v) is 6.51. The third-order valence-corrected chi connectivity index (χ3v) is 2.94. The second-order valence-electron chi connectivity index (χ2n) is 5.91.